The molecule has 4 aliphatic carbocycles. The third-order valence-corrected chi connectivity index (χ3v) is 7.14. The lowest BCUT2D eigenvalue weighted by molar-refractivity contribution is -0.0504. The van der Waals surface area contributed by atoms with Crippen LogP contribution in [0.3, 0.4) is 0 Å². The van der Waals surface area contributed by atoms with Gasteiger partial charge in [-0.15, -0.1) is 0 Å². The van der Waals surface area contributed by atoms with E-state index in [0.717, 1.165) is 40.8 Å². The molecule has 4 fully saturated rings. The van der Waals surface area contributed by atoms with E-state index in [9.17, 15) is 4.79 Å². The molecule has 2 aromatic rings. The summed E-state index contributed by atoms with van der Waals surface area (Å²) >= 11 is 0. The summed E-state index contributed by atoms with van der Waals surface area (Å²) < 4.78 is 11.6. The predicted molar refractivity (Wildman–Crippen MR) is 104 cm³/mol. The van der Waals surface area contributed by atoms with Crippen LogP contribution in [0.15, 0.2) is 28.7 Å². The maximum Gasteiger partial charge on any atom is 0.287 e. The van der Waals surface area contributed by atoms with Crippen molar-refractivity contribution >= 4 is 16.9 Å². The molecule has 0 saturated heterocycles. The van der Waals surface area contributed by atoms with Crippen molar-refractivity contribution in [1.29, 1.82) is 0 Å². The van der Waals surface area contributed by atoms with Gasteiger partial charge >= 0.3 is 0 Å². The van der Waals surface area contributed by atoms with Gasteiger partial charge in [0, 0.05) is 24.1 Å². The van der Waals surface area contributed by atoms with Crippen LogP contribution in [0.5, 0.6) is 0 Å². The van der Waals surface area contributed by atoms with E-state index in [2.05, 4.69) is 5.32 Å². The third-order valence-electron chi connectivity index (χ3n) is 7.14. The second-order valence-electron chi connectivity index (χ2n) is 9.14. The maximum atomic E-state index is 13.0. The van der Waals surface area contributed by atoms with Crippen molar-refractivity contribution in [1.82, 2.24) is 5.32 Å². The third kappa shape index (κ3) is 3.08. The Balaban J connectivity index is 1.35. The Morgan fingerprint density at radius 3 is 2.48 bits per heavy atom. The molecule has 4 heteroatoms. The normalized spacial score (nSPS) is 31.5. The van der Waals surface area contributed by atoms with Crippen LogP contribution in [0.4, 0.5) is 0 Å². The molecular formula is C23H29NO3. The SMILES string of the molecule is CCOCc1c(C(=O)NCC23CC4CC(CC(C4)C2)C3)oc2ccccc12. The van der Waals surface area contributed by atoms with Gasteiger partial charge < -0.3 is 14.5 Å². The summed E-state index contributed by atoms with van der Waals surface area (Å²) in [4.78, 5) is 13.0. The minimum absolute atomic E-state index is 0.0864. The summed E-state index contributed by atoms with van der Waals surface area (Å²) in [6.07, 6.45) is 8.17. The van der Waals surface area contributed by atoms with Crippen molar-refractivity contribution in [2.75, 3.05) is 13.2 Å². The fourth-order valence-electron chi connectivity index (χ4n) is 6.48. The number of ether oxygens (including phenoxy) is 1. The lowest BCUT2D eigenvalue weighted by Gasteiger charge is -2.56. The summed E-state index contributed by atoms with van der Waals surface area (Å²) in [5, 5.41) is 4.22. The van der Waals surface area contributed by atoms with E-state index in [-0.39, 0.29) is 5.91 Å². The average molecular weight is 367 g/mol. The van der Waals surface area contributed by atoms with Gasteiger partial charge in [0.05, 0.1) is 6.61 Å². The van der Waals surface area contributed by atoms with E-state index in [1.807, 2.05) is 31.2 Å². The fraction of sp³-hybridized carbons (Fsp3) is 0.609. The second-order valence-corrected chi connectivity index (χ2v) is 9.14. The number of amides is 1. The first-order valence-corrected chi connectivity index (χ1v) is 10.5. The van der Waals surface area contributed by atoms with Gasteiger partial charge in [-0.3, -0.25) is 4.79 Å². The van der Waals surface area contributed by atoms with Gasteiger partial charge in [0.15, 0.2) is 5.76 Å². The van der Waals surface area contributed by atoms with Crippen molar-refractivity contribution < 1.29 is 13.9 Å². The molecule has 0 aliphatic heterocycles. The number of hydrogen-bond acceptors (Lipinski definition) is 3. The number of hydrogen-bond donors (Lipinski definition) is 1. The first-order valence-electron chi connectivity index (χ1n) is 10.5. The Kier molecular flexibility index (Phi) is 4.27. The first kappa shape index (κ1) is 17.3. The molecule has 0 atom stereocenters. The zero-order chi connectivity index (χ0) is 18.4. The molecular weight excluding hydrogens is 338 g/mol. The number of furan rings is 1. The molecule has 4 aliphatic rings. The van der Waals surface area contributed by atoms with Crippen molar-refractivity contribution in [3.05, 3.63) is 35.6 Å². The highest BCUT2D eigenvalue weighted by Crippen LogP contribution is 2.59. The van der Waals surface area contributed by atoms with E-state index >= 15 is 0 Å². The fourth-order valence-corrected chi connectivity index (χ4v) is 6.48. The summed E-state index contributed by atoms with van der Waals surface area (Å²) in [5.41, 5.74) is 1.96. The van der Waals surface area contributed by atoms with E-state index < -0.39 is 0 Å². The molecule has 1 aromatic heterocycles. The molecule has 0 unspecified atom stereocenters. The molecule has 1 amide bonds. The maximum absolute atomic E-state index is 13.0. The van der Waals surface area contributed by atoms with Gasteiger partial charge in [-0.05, 0) is 74.7 Å². The van der Waals surface area contributed by atoms with Gasteiger partial charge in [0.25, 0.3) is 5.91 Å². The number of fused-ring (bicyclic) bond motifs is 1. The first-order chi connectivity index (χ1) is 13.2. The van der Waals surface area contributed by atoms with Crippen LogP contribution in [0.25, 0.3) is 11.0 Å². The Bertz CT molecular complexity index is 817. The molecule has 1 N–H and O–H groups in total. The highest BCUT2D eigenvalue weighted by molar-refractivity contribution is 5.99. The average Bonchev–Trinajstić information content (AvgIpc) is 3.02. The smallest absolute Gasteiger partial charge is 0.287 e. The van der Waals surface area contributed by atoms with Crippen molar-refractivity contribution in [3.63, 3.8) is 0 Å². The molecule has 4 bridgehead atoms. The minimum Gasteiger partial charge on any atom is -0.451 e. The van der Waals surface area contributed by atoms with Gasteiger partial charge in [0.1, 0.15) is 5.58 Å². The molecule has 6 rings (SSSR count). The van der Waals surface area contributed by atoms with E-state index in [4.69, 9.17) is 9.15 Å². The van der Waals surface area contributed by atoms with Crippen LogP contribution < -0.4 is 5.32 Å². The molecule has 1 heterocycles. The molecule has 1 aromatic carbocycles. The van der Waals surface area contributed by atoms with Gasteiger partial charge in [-0.25, -0.2) is 0 Å². The number of carbonyl (C=O) groups is 1. The van der Waals surface area contributed by atoms with Crippen LogP contribution >= 0.6 is 0 Å². The molecule has 4 nitrogen and oxygen atoms in total. The number of nitrogens with one attached hydrogen (secondary N) is 1. The summed E-state index contributed by atoms with van der Waals surface area (Å²) in [7, 11) is 0. The molecule has 27 heavy (non-hydrogen) atoms. The second kappa shape index (κ2) is 6.66. The van der Waals surface area contributed by atoms with Crippen molar-refractivity contribution in [3.8, 4) is 0 Å². The van der Waals surface area contributed by atoms with E-state index in [1.54, 1.807) is 0 Å². The standard InChI is InChI=1S/C23H29NO3/c1-2-26-13-19-18-5-3-4-6-20(18)27-21(19)22(25)24-14-23-10-15-7-16(11-23)9-17(8-15)12-23/h3-6,15-17H,2,7-14H2,1H3,(H,24,25). The van der Waals surface area contributed by atoms with Crippen LogP contribution in [0, 0.1) is 23.2 Å². The number of para-hydroxylation sites is 1. The van der Waals surface area contributed by atoms with Gasteiger partial charge in [0.2, 0.25) is 0 Å². The Morgan fingerprint density at radius 1 is 1.15 bits per heavy atom. The predicted octanol–water partition coefficient (Wildman–Crippen LogP) is 4.92. The van der Waals surface area contributed by atoms with E-state index in [0.29, 0.717) is 24.4 Å². The number of carbonyl (C=O) groups excluding carboxylic acids is 1. The summed E-state index contributed by atoms with van der Waals surface area (Å²) in [6, 6.07) is 7.83. The minimum atomic E-state index is -0.0864. The highest BCUT2D eigenvalue weighted by Gasteiger charge is 2.50. The zero-order valence-corrected chi connectivity index (χ0v) is 16.1. The summed E-state index contributed by atoms with van der Waals surface area (Å²) in [5.74, 6) is 3.03. The monoisotopic (exact) mass is 367 g/mol. The molecule has 0 spiro atoms. The zero-order valence-electron chi connectivity index (χ0n) is 16.1. The Hall–Kier alpha value is -1.81. The molecule has 4 saturated carbocycles. The lowest BCUT2D eigenvalue weighted by atomic mass is 9.49. The van der Waals surface area contributed by atoms with Gasteiger partial charge in [-0.2, -0.15) is 0 Å². The van der Waals surface area contributed by atoms with Crippen molar-refractivity contribution in [2.45, 2.75) is 52.1 Å². The molecule has 144 valence electrons. The van der Waals surface area contributed by atoms with Crippen LogP contribution in [0.2, 0.25) is 0 Å². The van der Waals surface area contributed by atoms with Crippen LogP contribution in [-0.2, 0) is 11.3 Å². The summed E-state index contributed by atoms with van der Waals surface area (Å²) in [6.45, 7) is 3.79. The van der Waals surface area contributed by atoms with Crippen molar-refractivity contribution in [2.24, 2.45) is 23.2 Å². The topological polar surface area (TPSA) is 51.5 Å². The van der Waals surface area contributed by atoms with Crippen LogP contribution in [-0.4, -0.2) is 19.1 Å². The number of benzene rings is 1. The van der Waals surface area contributed by atoms with E-state index in [1.165, 1.54) is 38.5 Å². The number of rotatable bonds is 6. The highest BCUT2D eigenvalue weighted by atomic mass is 16.5. The quantitative estimate of drug-likeness (QED) is 0.789. The van der Waals surface area contributed by atoms with Gasteiger partial charge in [-0.1, -0.05) is 18.2 Å². The lowest BCUT2D eigenvalue weighted by Crippen LogP contribution is -2.51. The van der Waals surface area contributed by atoms with Crippen LogP contribution in [0.1, 0.15) is 61.6 Å². The molecule has 0 radical (unpaired) electrons. The Labute approximate surface area is 160 Å². The Morgan fingerprint density at radius 2 is 1.81 bits per heavy atom. The largest absolute Gasteiger partial charge is 0.451 e.